The van der Waals surface area contributed by atoms with Gasteiger partial charge in [-0.3, -0.25) is 20.2 Å². The number of non-ortho nitro benzene ring substituents is 1. The maximum absolute atomic E-state index is 11.0. The highest BCUT2D eigenvalue weighted by molar-refractivity contribution is 5.65. The van der Waals surface area contributed by atoms with Gasteiger partial charge in [-0.1, -0.05) is 0 Å². The minimum Gasteiger partial charge on any atom is -0.396 e. The lowest BCUT2D eigenvalue weighted by atomic mass is 9.86. The van der Waals surface area contributed by atoms with Gasteiger partial charge in [0, 0.05) is 18.7 Å². The van der Waals surface area contributed by atoms with Crippen molar-refractivity contribution in [2.75, 3.05) is 11.9 Å². The van der Waals surface area contributed by atoms with Gasteiger partial charge in [0.05, 0.1) is 15.9 Å². The van der Waals surface area contributed by atoms with E-state index >= 15 is 0 Å². The molecule has 0 aliphatic heterocycles. The molecule has 8 heteroatoms. The van der Waals surface area contributed by atoms with Crippen LogP contribution >= 0.6 is 0 Å². The zero-order valence-electron chi connectivity index (χ0n) is 11.4. The summed E-state index contributed by atoms with van der Waals surface area (Å²) in [5, 5.41) is 33.9. The van der Waals surface area contributed by atoms with E-state index in [1.54, 1.807) is 0 Å². The SMILES string of the molecule is O=[N+]([O-])c1ccc(NC2CCC(CO)CC2)c([N+](=O)[O-])c1. The van der Waals surface area contributed by atoms with Crippen LogP contribution in [0.15, 0.2) is 18.2 Å². The van der Waals surface area contributed by atoms with Crippen LogP contribution < -0.4 is 5.32 Å². The van der Waals surface area contributed by atoms with Gasteiger partial charge in [0.15, 0.2) is 0 Å². The average Bonchev–Trinajstić information content (AvgIpc) is 2.48. The maximum atomic E-state index is 11.0. The van der Waals surface area contributed by atoms with Crippen LogP contribution in [0.25, 0.3) is 0 Å². The van der Waals surface area contributed by atoms with Crippen molar-refractivity contribution >= 4 is 17.1 Å². The van der Waals surface area contributed by atoms with E-state index in [2.05, 4.69) is 5.32 Å². The average molecular weight is 295 g/mol. The van der Waals surface area contributed by atoms with Crippen LogP contribution in [-0.2, 0) is 0 Å². The van der Waals surface area contributed by atoms with Gasteiger partial charge >= 0.3 is 0 Å². The fourth-order valence-electron chi connectivity index (χ4n) is 2.62. The van der Waals surface area contributed by atoms with E-state index in [0.29, 0.717) is 11.6 Å². The number of nitro groups is 2. The van der Waals surface area contributed by atoms with Crippen LogP contribution in [0.3, 0.4) is 0 Å². The molecule has 2 N–H and O–H groups in total. The van der Waals surface area contributed by atoms with Crippen LogP contribution in [0.1, 0.15) is 25.7 Å². The van der Waals surface area contributed by atoms with E-state index in [9.17, 15) is 20.2 Å². The lowest BCUT2D eigenvalue weighted by Gasteiger charge is -2.28. The molecule has 1 saturated carbocycles. The van der Waals surface area contributed by atoms with E-state index in [1.807, 2.05) is 0 Å². The number of nitro benzene ring substituents is 2. The molecule has 1 aromatic rings. The molecule has 0 aromatic heterocycles. The largest absolute Gasteiger partial charge is 0.396 e. The molecule has 1 aromatic carbocycles. The normalized spacial score (nSPS) is 21.8. The Balaban J connectivity index is 2.13. The minimum atomic E-state index is -0.650. The van der Waals surface area contributed by atoms with Gasteiger partial charge in [-0.2, -0.15) is 0 Å². The molecule has 0 spiro atoms. The Bertz CT molecular complexity index is 541. The molecule has 21 heavy (non-hydrogen) atoms. The fraction of sp³-hybridized carbons (Fsp3) is 0.538. The predicted molar refractivity (Wildman–Crippen MR) is 76.2 cm³/mol. The highest BCUT2D eigenvalue weighted by atomic mass is 16.6. The van der Waals surface area contributed by atoms with Crippen molar-refractivity contribution in [2.24, 2.45) is 5.92 Å². The second-order valence-corrected chi connectivity index (χ2v) is 5.26. The Morgan fingerprint density at radius 1 is 1.14 bits per heavy atom. The summed E-state index contributed by atoms with van der Waals surface area (Å²) in [7, 11) is 0. The molecule has 1 aliphatic carbocycles. The first-order valence-electron chi connectivity index (χ1n) is 6.81. The third-order valence-electron chi connectivity index (χ3n) is 3.85. The lowest BCUT2D eigenvalue weighted by molar-refractivity contribution is -0.393. The third-order valence-corrected chi connectivity index (χ3v) is 3.85. The lowest BCUT2D eigenvalue weighted by Crippen LogP contribution is -2.27. The molecule has 0 bridgehead atoms. The molecule has 1 fully saturated rings. The zero-order chi connectivity index (χ0) is 15.4. The summed E-state index contributed by atoms with van der Waals surface area (Å²) in [6.45, 7) is 0.171. The van der Waals surface area contributed by atoms with Crippen LogP contribution in [0.2, 0.25) is 0 Å². The molecule has 0 amide bonds. The molecule has 8 nitrogen and oxygen atoms in total. The van der Waals surface area contributed by atoms with E-state index < -0.39 is 9.85 Å². The number of hydrogen-bond acceptors (Lipinski definition) is 6. The number of nitrogens with one attached hydrogen (secondary N) is 1. The van der Waals surface area contributed by atoms with Crippen LogP contribution in [0, 0.1) is 26.1 Å². The topological polar surface area (TPSA) is 119 Å². The van der Waals surface area contributed by atoms with Crippen molar-refractivity contribution in [1.82, 2.24) is 0 Å². The summed E-state index contributed by atoms with van der Waals surface area (Å²) >= 11 is 0. The van der Waals surface area contributed by atoms with Gasteiger partial charge in [0.1, 0.15) is 5.69 Å². The molecular formula is C13H17N3O5. The van der Waals surface area contributed by atoms with Crippen LogP contribution in [0.5, 0.6) is 0 Å². The first-order valence-corrected chi connectivity index (χ1v) is 6.81. The summed E-state index contributed by atoms with van der Waals surface area (Å²) in [6.07, 6.45) is 3.38. The minimum absolute atomic E-state index is 0.0907. The molecule has 0 atom stereocenters. The van der Waals surface area contributed by atoms with Crippen molar-refractivity contribution in [3.63, 3.8) is 0 Å². The Kier molecular flexibility index (Phi) is 4.69. The molecule has 0 radical (unpaired) electrons. The second-order valence-electron chi connectivity index (χ2n) is 5.26. The molecule has 2 rings (SSSR count). The summed E-state index contributed by atoms with van der Waals surface area (Å²) in [5.41, 5.74) is -0.275. The quantitative estimate of drug-likeness (QED) is 0.636. The smallest absolute Gasteiger partial charge is 0.299 e. The van der Waals surface area contributed by atoms with E-state index in [1.165, 1.54) is 12.1 Å². The van der Waals surface area contributed by atoms with Gasteiger partial charge in [-0.25, -0.2) is 0 Å². The number of anilines is 1. The maximum Gasteiger partial charge on any atom is 0.299 e. The third kappa shape index (κ3) is 3.66. The highest BCUT2D eigenvalue weighted by Gasteiger charge is 2.24. The summed E-state index contributed by atoms with van der Waals surface area (Å²) in [4.78, 5) is 20.5. The Hall–Kier alpha value is -2.22. The van der Waals surface area contributed by atoms with Crippen molar-refractivity contribution in [3.8, 4) is 0 Å². The van der Waals surface area contributed by atoms with Gasteiger partial charge in [0.25, 0.3) is 11.4 Å². The van der Waals surface area contributed by atoms with E-state index in [4.69, 9.17) is 5.11 Å². The van der Waals surface area contributed by atoms with Crippen LogP contribution in [0.4, 0.5) is 17.1 Å². The molecule has 1 aliphatic rings. The van der Waals surface area contributed by atoms with Gasteiger partial charge < -0.3 is 10.4 Å². The molecular weight excluding hydrogens is 278 g/mol. The number of aliphatic hydroxyl groups excluding tert-OH is 1. The Labute approximate surface area is 121 Å². The highest BCUT2D eigenvalue weighted by Crippen LogP contribution is 2.32. The Morgan fingerprint density at radius 3 is 2.33 bits per heavy atom. The molecule has 0 saturated heterocycles. The van der Waals surface area contributed by atoms with Crippen LogP contribution in [-0.4, -0.2) is 27.6 Å². The van der Waals surface area contributed by atoms with E-state index in [0.717, 1.165) is 31.7 Å². The molecule has 0 heterocycles. The van der Waals surface area contributed by atoms with E-state index in [-0.39, 0.29) is 24.0 Å². The Morgan fingerprint density at radius 2 is 1.81 bits per heavy atom. The number of rotatable bonds is 5. The van der Waals surface area contributed by atoms with Crippen molar-refractivity contribution < 1.29 is 15.0 Å². The van der Waals surface area contributed by atoms with Crippen molar-refractivity contribution in [2.45, 2.75) is 31.7 Å². The summed E-state index contributed by atoms with van der Waals surface area (Å²) < 4.78 is 0. The van der Waals surface area contributed by atoms with Gasteiger partial charge in [0.2, 0.25) is 0 Å². The van der Waals surface area contributed by atoms with Gasteiger partial charge in [-0.05, 0) is 37.7 Å². The monoisotopic (exact) mass is 295 g/mol. The molecule has 114 valence electrons. The standard InChI is InChI=1S/C13H17N3O5/c17-8-9-1-3-10(4-2-9)14-12-6-5-11(15(18)19)7-13(12)16(20)21/h5-7,9-10,14,17H,1-4,8H2. The first-order chi connectivity index (χ1) is 10.0. The van der Waals surface area contributed by atoms with Crippen molar-refractivity contribution in [1.29, 1.82) is 0 Å². The number of aliphatic hydroxyl groups is 1. The number of hydrogen-bond donors (Lipinski definition) is 2. The summed E-state index contributed by atoms with van der Waals surface area (Å²) in [5.74, 6) is 0.301. The summed E-state index contributed by atoms with van der Waals surface area (Å²) in [6, 6.07) is 3.71. The number of benzene rings is 1. The number of nitrogens with zero attached hydrogens (tertiary/aromatic N) is 2. The zero-order valence-corrected chi connectivity index (χ0v) is 11.4. The second kappa shape index (κ2) is 6.49. The first kappa shape index (κ1) is 15.2. The predicted octanol–water partition coefficient (Wildman–Crippen LogP) is 2.47. The fourth-order valence-corrected chi connectivity index (χ4v) is 2.62. The van der Waals surface area contributed by atoms with Gasteiger partial charge in [-0.15, -0.1) is 0 Å². The molecule has 0 unspecified atom stereocenters. The van der Waals surface area contributed by atoms with Crippen molar-refractivity contribution in [3.05, 3.63) is 38.4 Å².